The van der Waals surface area contributed by atoms with Gasteiger partial charge in [-0.25, -0.2) is 4.79 Å². The summed E-state index contributed by atoms with van der Waals surface area (Å²) in [6.45, 7) is 7.95. The van der Waals surface area contributed by atoms with Crippen molar-refractivity contribution in [2.75, 3.05) is 0 Å². The maximum absolute atomic E-state index is 11.3. The van der Waals surface area contributed by atoms with Crippen molar-refractivity contribution in [2.24, 2.45) is 0 Å². The summed E-state index contributed by atoms with van der Waals surface area (Å²) in [5.41, 5.74) is 0.0906. The third-order valence-electron chi connectivity index (χ3n) is 4.58. The Hall–Kier alpha value is -1.53. The van der Waals surface area contributed by atoms with Crippen LogP contribution in [-0.4, -0.2) is 35.5 Å². The van der Waals surface area contributed by atoms with Crippen LogP contribution in [0, 0.1) is 0 Å². The van der Waals surface area contributed by atoms with Crippen LogP contribution in [-0.2, 0) is 9.31 Å². The number of carbonyl (C=O) groups is 1. The van der Waals surface area contributed by atoms with Crippen molar-refractivity contribution in [1.82, 2.24) is 0 Å². The number of carboxylic acids is 1. The van der Waals surface area contributed by atoms with Crippen LogP contribution in [0.1, 0.15) is 50.9 Å². The molecule has 1 aromatic carbocycles. The van der Waals surface area contributed by atoms with Crippen molar-refractivity contribution in [2.45, 2.75) is 57.8 Å². The van der Waals surface area contributed by atoms with Gasteiger partial charge in [0.15, 0.2) is 0 Å². The van der Waals surface area contributed by atoms with Crippen LogP contribution in [0.4, 0.5) is 0 Å². The third-order valence-corrected chi connectivity index (χ3v) is 4.58. The van der Waals surface area contributed by atoms with Gasteiger partial charge in [0.25, 0.3) is 0 Å². The van der Waals surface area contributed by atoms with E-state index in [1.54, 1.807) is 18.2 Å². The molecule has 6 heteroatoms. The second kappa shape index (κ2) is 5.00. The van der Waals surface area contributed by atoms with E-state index in [0.29, 0.717) is 5.75 Å². The van der Waals surface area contributed by atoms with Crippen LogP contribution in [0.2, 0.25) is 0 Å². The number of hydrogen-bond donors (Lipinski definition) is 1. The topological polar surface area (TPSA) is 65.0 Å². The molecular formula is C16H21BO5. The van der Waals surface area contributed by atoms with Gasteiger partial charge in [0.1, 0.15) is 11.3 Å². The smallest absolute Gasteiger partial charge is 0.490 e. The van der Waals surface area contributed by atoms with Gasteiger partial charge in [0.2, 0.25) is 0 Å². The highest BCUT2D eigenvalue weighted by Gasteiger charge is 2.51. The molecule has 3 rings (SSSR count). The molecule has 5 nitrogen and oxygen atoms in total. The van der Waals surface area contributed by atoms with Crippen molar-refractivity contribution >= 4 is 18.6 Å². The van der Waals surface area contributed by atoms with Crippen molar-refractivity contribution in [1.29, 1.82) is 0 Å². The largest absolute Gasteiger partial charge is 0.494 e. The Labute approximate surface area is 130 Å². The molecule has 1 aliphatic heterocycles. The predicted octanol–water partition coefficient (Wildman–Crippen LogP) is 2.23. The molecule has 1 aliphatic carbocycles. The fourth-order valence-corrected chi connectivity index (χ4v) is 2.30. The van der Waals surface area contributed by atoms with Gasteiger partial charge in [-0.05, 0) is 58.1 Å². The molecule has 1 N–H and O–H groups in total. The highest BCUT2D eigenvalue weighted by atomic mass is 16.7. The minimum atomic E-state index is -0.990. The van der Waals surface area contributed by atoms with Crippen LogP contribution >= 0.6 is 0 Å². The zero-order chi connectivity index (χ0) is 16.1. The van der Waals surface area contributed by atoms with Crippen LogP contribution in [0.15, 0.2) is 18.2 Å². The SMILES string of the molecule is CC1(C)OB(c2ccc(C(=O)O)c(OC3CC3)c2)OC1(C)C. The summed E-state index contributed by atoms with van der Waals surface area (Å²) in [4.78, 5) is 11.3. The van der Waals surface area contributed by atoms with Gasteiger partial charge in [0, 0.05) is 0 Å². The first-order chi connectivity index (χ1) is 10.2. The lowest BCUT2D eigenvalue weighted by Gasteiger charge is -2.32. The summed E-state index contributed by atoms with van der Waals surface area (Å²) >= 11 is 0. The monoisotopic (exact) mass is 304 g/mol. The Morgan fingerprint density at radius 2 is 1.82 bits per heavy atom. The van der Waals surface area contributed by atoms with Crippen LogP contribution in [0.3, 0.4) is 0 Å². The van der Waals surface area contributed by atoms with E-state index in [1.807, 2.05) is 27.7 Å². The Bertz CT molecular complexity index is 591. The maximum Gasteiger partial charge on any atom is 0.494 e. The fraction of sp³-hybridized carbons (Fsp3) is 0.562. The molecule has 0 amide bonds. The quantitative estimate of drug-likeness (QED) is 0.864. The molecule has 1 saturated heterocycles. The molecule has 1 saturated carbocycles. The molecule has 0 radical (unpaired) electrons. The van der Waals surface area contributed by atoms with E-state index in [1.165, 1.54) is 0 Å². The lowest BCUT2D eigenvalue weighted by atomic mass is 9.78. The van der Waals surface area contributed by atoms with Crippen LogP contribution in [0.25, 0.3) is 0 Å². The van der Waals surface area contributed by atoms with E-state index >= 15 is 0 Å². The Balaban J connectivity index is 1.90. The van der Waals surface area contributed by atoms with Crippen LogP contribution < -0.4 is 10.2 Å². The third kappa shape index (κ3) is 2.73. The lowest BCUT2D eigenvalue weighted by Crippen LogP contribution is -2.41. The summed E-state index contributed by atoms with van der Waals surface area (Å²) in [6, 6.07) is 5.01. The van der Waals surface area contributed by atoms with E-state index < -0.39 is 24.3 Å². The minimum absolute atomic E-state index is 0.131. The number of rotatable bonds is 4. The molecule has 22 heavy (non-hydrogen) atoms. The summed E-state index contributed by atoms with van der Waals surface area (Å²) < 4.78 is 17.7. The first kappa shape index (κ1) is 15.4. The molecule has 118 valence electrons. The Kier molecular flexibility index (Phi) is 3.49. The van der Waals surface area contributed by atoms with E-state index in [4.69, 9.17) is 14.0 Å². The highest BCUT2D eigenvalue weighted by Crippen LogP contribution is 2.37. The average Bonchev–Trinajstić information content (AvgIpc) is 3.17. The molecule has 2 fully saturated rings. The molecule has 2 aliphatic rings. The number of carboxylic acid groups (broad SMARTS) is 1. The summed E-state index contributed by atoms with van der Waals surface area (Å²) in [5.74, 6) is -0.599. The molecule has 0 unspecified atom stereocenters. The minimum Gasteiger partial charge on any atom is -0.490 e. The fourth-order valence-electron chi connectivity index (χ4n) is 2.30. The van der Waals surface area contributed by atoms with Crippen molar-refractivity contribution < 1.29 is 23.9 Å². The van der Waals surface area contributed by atoms with Gasteiger partial charge in [-0.1, -0.05) is 6.07 Å². The Morgan fingerprint density at radius 3 is 2.32 bits per heavy atom. The maximum atomic E-state index is 11.3. The molecule has 0 bridgehead atoms. The molecule has 1 aromatic rings. The molecule has 0 spiro atoms. The zero-order valence-electron chi connectivity index (χ0n) is 13.4. The molecule has 0 aromatic heterocycles. The van der Waals surface area contributed by atoms with Crippen molar-refractivity contribution in [3.05, 3.63) is 23.8 Å². The van der Waals surface area contributed by atoms with E-state index in [0.717, 1.165) is 18.3 Å². The predicted molar refractivity (Wildman–Crippen MR) is 82.8 cm³/mol. The standard InChI is InChI=1S/C16H21BO5/c1-15(2)16(3,4)22-17(21-15)10-5-8-12(14(18)19)13(9-10)20-11-6-7-11/h5,8-9,11H,6-7H2,1-4H3,(H,18,19). The van der Waals surface area contributed by atoms with Crippen molar-refractivity contribution in [3.8, 4) is 5.75 Å². The molecular weight excluding hydrogens is 283 g/mol. The first-order valence-electron chi connectivity index (χ1n) is 7.59. The summed E-state index contributed by atoms with van der Waals surface area (Å²) in [7, 11) is -0.519. The average molecular weight is 304 g/mol. The van der Waals surface area contributed by atoms with Crippen molar-refractivity contribution in [3.63, 3.8) is 0 Å². The van der Waals surface area contributed by atoms with Crippen LogP contribution in [0.5, 0.6) is 5.75 Å². The van der Waals surface area contributed by atoms with Gasteiger partial charge in [0.05, 0.1) is 17.3 Å². The summed E-state index contributed by atoms with van der Waals surface area (Å²) in [6.07, 6.45) is 2.08. The summed E-state index contributed by atoms with van der Waals surface area (Å²) in [5, 5.41) is 9.28. The lowest BCUT2D eigenvalue weighted by molar-refractivity contribution is 0.00578. The number of ether oxygens (including phenoxy) is 1. The van der Waals surface area contributed by atoms with Gasteiger partial charge >= 0.3 is 13.1 Å². The van der Waals surface area contributed by atoms with Gasteiger partial charge in [-0.15, -0.1) is 0 Å². The van der Waals surface area contributed by atoms with E-state index in [9.17, 15) is 9.90 Å². The number of hydrogen-bond acceptors (Lipinski definition) is 4. The van der Waals surface area contributed by atoms with Gasteiger partial charge < -0.3 is 19.2 Å². The number of benzene rings is 1. The van der Waals surface area contributed by atoms with E-state index in [-0.39, 0.29) is 11.7 Å². The second-order valence-corrected chi connectivity index (χ2v) is 6.97. The highest BCUT2D eigenvalue weighted by molar-refractivity contribution is 6.62. The zero-order valence-corrected chi connectivity index (χ0v) is 13.4. The normalized spacial score (nSPS) is 22.6. The first-order valence-corrected chi connectivity index (χ1v) is 7.59. The van der Waals surface area contributed by atoms with Gasteiger partial charge in [-0.3, -0.25) is 0 Å². The molecule has 0 atom stereocenters. The van der Waals surface area contributed by atoms with E-state index in [2.05, 4.69) is 0 Å². The number of aromatic carboxylic acids is 1. The second-order valence-electron chi connectivity index (χ2n) is 6.97. The Morgan fingerprint density at radius 1 is 1.23 bits per heavy atom. The molecule has 1 heterocycles. The van der Waals surface area contributed by atoms with Gasteiger partial charge in [-0.2, -0.15) is 0 Å².